The first-order chi connectivity index (χ1) is 14.5. The Hall–Kier alpha value is -4.29. The molecule has 4 aromatic rings. The summed E-state index contributed by atoms with van der Waals surface area (Å²) >= 11 is 0. The summed E-state index contributed by atoms with van der Waals surface area (Å²) in [7, 11) is 1.24. The fraction of sp³-hybridized carbons (Fsp3) is 0.235. The lowest BCUT2D eigenvalue weighted by Gasteiger charge is -2.03. The van der Waals surface area contributed by atoms with Crippen LogP contribution in [0.2, 0.25) is 0 Å². The molecule has 13 heteroatoms. The number of aromatic amines is 1. The van der Waals surface area contributed by atoms with Crippen LogP contribution in [0.1, 0.15) is 33.7 Å². The Balaban J connectivity index is 1.68. The smallest absolute Gasteiger partial charge is 0.360 e. The highest BCUT2D eigenvalue weighted by atomic mass is 16.5. The Bertz CT molecular complexity index is 1300. The molecule has 0 aliphatic heterocycles. The summed E-state index contributed by atoms with van der Waals surface area (Å²) in [6, 6.07) is 0. The average Bonchev–Trinajstić information content (AvgIpc) is 3.48. The largest absolute Gasteiger partial charge is 0.464 e. The summed E-state index contributed by atoms with van der Waals surface area (Å²) in [6.07, 6.45) is 5.26. The van der Waals surface area contributed by atoms with Crippen molar-refractivity contribution in [1.29, 1.82) is 0 Å². The normalized spacial score (nSPS) is 11.0. The zero-order valence-corrected chi connectivity index (χ0v) is 15.9. The van der Waals surface area contributed by atoms with Gasteiger partial charge in [0.25, 0.3) is 5.56 Å². The molecule has 4 rings (SSSR count). The van der Waals surface area contributed by atoms with E-state index in [0.29, 0.717) is 0 Å². The van der Waals surface area contributed by atoms with Gasteiger partial charge in [0.05, 0.1) is 31.8 Å². The van der Waals surface area contributed by atoms with Crippen LogP contribution in [0.4, 0.5) is 0 Å². The standard InChI is InChI=1S/C17H15N7O6/c1-3-29-15(26)9-4-19-24(5-9)17-21-13-12(14(25)22-17)18-8-23(13)6-11-20-10(7-30-11)16(27)28-2/h4-5,7-8H,3,6H2,1-2H3,(H,21,22,25). The van der Waals surface area contributed by atoms with E-state index in [1.807, 2.05) is 0 Å². The number of carbonyl (C=O) groups is 2. The molecule has 0 amide bonds. The van der Waals surface area contributed by atoms with Crippen molar-refractivity contribution in [2.75, 3.05) is 13.7 Å². The van der Waals surface area contributed by atoms with Crippen molar-refractivity contribution >= 4 is 23.1 Å². The third kappa shape index (κ3) is 3.43. The second kappa shape index (κ2) is 7.62. The van der Waals surface area contributed by atoms with Crippen molar-refractivity contribution < 1.29 is 23.5 Å². The van der Waals surface area contributed by atoms with E-state index in [4.69, 9.17) is 9.15 Å². The van der Waals surface area contributed by atoms with Crippen LogP contribution in [0.25, 0.3) is 17.1 Å². The zero-order valence-electron chi connectivity index (χ0n) is 15.9. The number of carbonyl (C=O) groups excluding carboxylic acids is 2. The van der Waals surface area contributed by atoms with Gasteiger partial charge in [-0.05, 0) is 6.92 Å². The van der Waals surface area contributed by atoms with Crippen LogP contribution < -0.4 is 5.56 Å². The van der Waals surface area contributed by atoms with Gasteiger partial charge >= 0.3 is 11.9 Å². The maximum atomic E-state index is 12.4. The number of esters is 2. The van der Waals surface area contributed by atoms with Gasteiger partial charge in [0.15, 0.2) is 16.9 Å². The third-order valence-electron chi connectivity index (χ3n) is 4.02. The summed E-state index contributed by atoms with van der Waals surface area (Å²) in [5.41, 5.74) is 0.0651. The van der Waals surface area contributed by atoms with E-state index in [1.54, 1.807) is 6.92 Å². The molecular formula is C17H15N7O6. The first kappa shape index (κ1) is 19.0. The van der Waals surface area contributed by atoms with Gasteiger partial charge in [-0.2, -0.15) is 10.1 Å². The van der Waals surface area contributed by atoms with Gasteiger partial charge in [-0.25, -0.2) is 24.2 Å². The van der Waals surface area contributed by atoms with Crippen molar-refractivity contribution in [3.63, 3.8) is 0 Å². The van der Waals surface area contributed by atoms with Crippen molar-refractivity contribution in [3.8, 4) is 5.95 Å². The fourth-order valence-corrected chi connectivity index (χ4v) is 2.65. The summed E-state index contributed by atoms with van der Waals surface area (Å²) in [4.78, 5) is 50.8. The van der Waals surface area contributed by atoms with Crippen molar-refractivity contribution in [2.45, 2.75) is 13.5 Å². The monoisotopic (exact) mass is 413 g/mol. The van der Waals surface area contributed by atoms with Gasteiger partial charge in [-0.1, -0.05) is 0 Å². The summed E-state index contributed by atoms with van der Waals surface area (Å²) in [6.45, 7) is 1.98. The summed E-state index contributed by atoms with van der Waals surface area (Å²) < 4.78 is 17.5. The number of aromatic nitrogens is 7. The molecule has 4 aromatic heterocycles. The number of H-pyrrole nitrogens is 1. The molecule has 0 aromatic carbocycles. The molecule has 0 unspecified atom stereocenters. The molecule has 154 valence electrons. The molecule has 0 radical (unpaired) electrons. The Morgan fingerprint density at radius 3 is 2.87 bits per heavy atom. The van der Waals surface area contributed by atoms with E-state index in [1.165, 1.54) is 41.3 Å². The minimum Gasteiger partial charge on any atom is -0.464 e. The Kier molecular flexibility index (Phi) is 4.83. The maximum absolute atomic E-state index is 12.4. The Morgan fingerprint density at radius 2 is 2.10 bits per heavy atom. The fourth-order valence-electron chi connectivity index (χ4n) is 2.65. The predicted molar refractivity (Wildman–Crippen MR) is 98.2 cm³/mol. The molecule has 0 fully saturated rings. The number of hydrogen-bond acceptors (Lipinski definition) is 10. The SMILES string of the molecule is CCOC(=O)c1cnn(-c2nc3c(ncn3Cc3nc(C(=O)OC)co3)c(=O)[nH]2)c1. The molecule has 0 aliphatic carbocycles. The van der Waals surface area contributed by atoms with Crippen LogP contribution in [-0.2, 0) is 16.0 Å². The van der Waals surface area contributed by atoms with Crippen LogP contribution in [0.15, 0.2) is 34.2 Å². The highest BCUT2D eigenvalue weighted by Crippen LogP contribution is 2.12. The second-order valence-electron chi connectivity index (χ2n) is 5.95. The van der Waals surface area contributed by atoms with Crippen LogP contribution in [0.3, 0.4) is 0 Å². The number of nitrogens with zero attached hydrogens (tertiary/aromatic N) is 6. The highest BCUT2D eigenvalue weighted by Gasteiger charge is 2.17. The summed E-state index contributed by atoms with van der Waals surface area (Å²) in [5.74, 6) is -0.898. The van der Waals surface area contributed by atoms with E-state index in [0.717, 1.165) is 0 Å². The van der Waals surface area contributed by atoms with Crippen molar-refractivity contribution in [3.05, 3.63) is 52.5 Å². The van der Waals surface area contributed by atoms with Crippen LogP contribution in [0.5, 0.6) is 0 Å². The first-order valence-electron chi connectivity index (χ1n) is 8.70. The number of methoxy groups -OCH3 is 1. The lowest BCUT2D eigenvalue weighted by atomic mass is 10.4. The van der Waals surface area contributed by atoms with Crippen LogP contribution in [0, 0.1) is 0 Å². The Labute approximate surface area is 167 Å². The highest BCUT2D eigenvalue weighted by molar-refractivity contribution is 5.88. The quantitative estimate of drug-likeness (QED) is 0.435. The number of ether oxygens (including phenoxy) is 2. The molecule has 0 saturated heterocycles. The molecule has 0 saturated carbocycles. The van der Waals surface area contributed by atoms with E-state index in [9.17, 15) is 14.4 Å². The lowest BCUT2D eigenvalue weighted by Crippen LogP contribution is -2.15. The molecular weight excluding hydrogens is 398 g/mol. The van der Waals surface area contributed by atoms with Gasteiger partial charge in [-0.3, -0.25) is 9.78 Å². The number of imidazole rings is 1. The minimum absolute atomic E-state index is 0.0199. The van der Waals surface area contributed by atoms with E-state index < -0.39 is 17.5 Å². The average molecular weight is 413 g/mol. The van der Waals surface area contributed by atoms with Gasteiger partial charge < -0.3 is 18.5 Å². The molecule has 0 bridgehead atoms. The zero-order chi connectivity index (χ0) is 21.3. The van der Waals surface area contributed by atoms with E-state index >= 15 is 0 Å². The number of rotatable bonds is 6. The molecule has 13 nitrogen and oxygen atoms in total. The van der Waals surface area contributed by atoms with E-state index in [-0.39, 0.29) is 47.4 Å². The number of nitrogens with one attached hydrogen (secondary N) is 1. The first-order valence-corrected chi connectivity index (χ1v) is 8.70. The van der Waals surface area contributed by atoms with Crippen LogP contribution >= 0.6 is 0 Å². The van der Waals surface area contributed by atoms with E-state index in [2.05, 4.69) is 29.8 Å². The number of fused-ring (bicyclic) bond motifs is 1. The molecule has 0 spiro atoms. The van der Waals surface area contributed by atoms with Gasteiger partial charge in [0.2, 0.25) is 11.8 Å². The second-order valence-corrected chi connectivity index (χ2v) is 5.95. The predicted octanol–water partition coefficient (Wildman–Crippen LogP) is 0.305. The lowest BCUT2D eigenvalue weighted by molar-refractivity contribution is 0.0525. The van der Waals surface area contributed by atoms with Gasteiger partial charge in [0.1, 0.15) is 12.8 Å². The molecule has 4 heterocycles. The van der Waals surface area contributed by atoms with Gasteiger partial charge in [0, 0.05) is 6.20 Å². The number of hydrogen-bond donors (Lipinski definition) is 1. The molecule has 0 atom stereocenters. The molecule has 30 heavy (non-hydrogen) atoms. The van der Waals surface area contributed by atoms with Crippen molar-refractivity contribution in [2.24, 2.45) is 0 Å². The Morgan fingerprint density at radius 1 is 1.27 bits per heavy atom. The van der Waals surface area contributed by atoms with Crippen molar-refractivity contribution in [1.82, 2.24) is 34.3 Å². The summed E-state index contributed by atoms with van der Waals surface area (Å²) in [5, 5.41) is 4.04. The topological polar surface area (TPSA) is 160 Å². The van der Waals surface area contributed by atoms with Crippen LogP contribution in [-0.4, -0.2) is 59.9 Å². The maximum Gasteiger partial charge on any atom is 0.360 e. The minimum atomic E-state index is -0.631. The number of oxazole rings is 1. The molecule has 0 aliphatic rings. The molecule has 1 N–H and O–H groups in total. The van der Waals surface area contributed by atoms with Gasteiger partial charge in [-0.15, -0.1) is 0 Å². The third-order valence-corrected chi connectivity index (χ3v) is 4.02.